The highest BCUT2D eigenvalue weighted by atomic mass is 19.1. The molecule has 1 fully saturated rings. The molecular formula is C33H31FN2O5. The van der Waals surface area contributed by atoms with Gasteiger partial charge in [0.1, 0.15) is 5.82 Å². The summed E-state index contributed by atoms with van der Waals surface area (Å²) >= 11 is 0. The van der Waals surface area contributed by atoms with E-state index in [-0.39, 0.29) is 17.7 Å². The fraction of sp³-hybridized carbons (Fsp3) is 0.303. The molecule has 4 aromatic rings. The van der Waals surface area contributed by atoms with Gasteiger partial charge in [-0.15, -0.1) is 0 Å². The minimum atomic E-state index is -1.29. The largest absolute Gasteiger partial charge is 0.465 e. The summed E-state index contributed by atoms with van der Waals surface area (Å²) in [7, 11) is 5.17. The van der Waals surface area contributed by atoms with E-state index in [1.54, 1.807) is 31.3 Å². The maximum Gasteiger partial charge on any atom is 0.338 e. The maximum absolute atomic E-state index is 14.8. The summed E-state index contributed by atoms with van der Waals surface area (Å²) < 4.78 is 27.6. The van der Waals surface area contributed by atoms with Gasteiger partial charge in [-0.2, -0.15) is 0 Å². The first kappa shape index (κ1) is 27.1. The molecule has 1 atom stereocenters. The van der Waals surface area contributed by atoms with Crippen LogP contribution in [0.3, 0.4) is 0 Å². The molecule has 8 heteroatoms. The molecule has 1 aromatic heterocycles. The SMILES string of the molecule is COC(=O)c1cc(F)cc2c1c(COC1C(=O)c3ccccc3C1=O)c(-c1ccc(C3(C)CCCN3C)cc1)n2C. The number of carbonyl (C=O) groups is 3. The molecule has 41 heavy (non-hydrogen) atoms. The molecule has 1 saturated heterocycles. The van der Waals surface area contributed by atoms with Gasteiger partial charge in [-0.1, -0.05) is 48.5 Å². The van der Waals surface area contributed by atoms with E-state index in [1.165, 1.54) is 18.7 Å². The second kappa shape index (κ2) is 10.0. The number of aryl methyl sites for hydroxylation is 1. The van der Waals surface area contributed by atoms with Gasteiger partial charge in [0.2, 0.25) is 0 Å². The van der Waals surface area contributed by atoms with Crippen molar-refractivity contribution in [3.8, 4) is 11.3 Å². The molecule has 6 rings (SSSR count). The zero-order valence-corrected chi connectivity index (χ0v) is 23.5. The van der Waals surface area contributed by atoms with Crippen LogP contribution in [0, 0.1) is 5.82 Å². The number of hydrogen-bond acceptors (Lipinski definition) is 6. The first-order valence-corrected chi connectivity index (χ1v) is 13.7. The number of aromatic nitrogens is 1. The van der Waals surface area contributed by atoms with Crippen molar-refractivity contribution in [2.24, 2.45) is 7.05 Å². The van der Waals surface area contributed by atoms with Crippen molar-refractivity contribution in [3.63, 3.8) is 0 Å². The quantitative estimate of drug-likeness (QED) is 0.226. The number of esters is 1. The summed E-state index contributed by atoms with van der Waals surface area (Å²) in [6.45, 7) is 3.12. The zero-order valence-electron chi connectivity index (χ0n) is 23.5. The molecule has 1 unspecified atom stereocenters. The lowest BCUT2D eigenvalue weighted by atomic mass is 9.88. The number of rotatable bonds is 6. The van der Waals surface area contributed by atoms with Crippen LogP contribution in [0.25, 0.3) is 22.2 Å². The molecule has 1 aliphatic heterocycles. The van der Waals surface area contributed by atoms with Crippen molar-refractivity contribution in [2.75, 3.05) is 20.7 Å². The second-order valence-electron chi connectivity index (χ2n) is 11.1. The fourth-order valence-corrected chi connectivity index (χ4v) is 6.48. The number of fused-ring (bicyclic) bond motifs is 2. The van der Waals surface area contributed by atoms with Gasteiger partial charge in [-0.25, -0.2) is 9.18 Å². The molecule has 1 aliphatic carbocycles. The van der Waals surface area contributed by atoms with Crippen LogP contribution < -0.4 is 0 Å². The Balaban J connectivity index is 1.47. The minimum Gasteiger partial charge on any atom is -0.465 e. The van der Waals surface area contributed by atoms with Crippen molar-refractivity contribution in [3.05, 3.63) is 94.3 Å². The standard InChI is InChI=1S/C33H31FN2O5/c1-33(14-7-15-35(33)2)20-12-10-19(11-13-20)28-25(18-41-31-29(37)22-8-5-6-9-23(22)30(31)38)27-24(32(39)40-4)16-21(34)17-26(27)36(28)3/h5-6,8-13,16-17,31H,7,14-15,18H2,1-4H3. The third-order valence-electron chi connectivity index (χ3n) is 8.88. The van der Waals surface area contributed by atoms with Gasteiger partial charge < -0.3 is 14.0 Å². The van der Waals surface area contributed by atoms with E-state index >= 15 is 0 Å². The molecule has 0 radical (unpaired) electrons. The van der Waals surface area contributed by atoms with E-state index in [9.17, 15) is 18.8 Å². The van der Waals surface area contributed by atoms with Crippen LogP contribution in [-0.2, 0) is 28.7 Å². The lowest BCUT2D eigenvalue weighted by Crippen LogP contribution is -2.35. The zero-order chi connectivity index (χ0) is 29.1. The van der Waals surface area contributed by atoms with Crippen molar-refractivity contribution in [1.82, 2.24) is 9.47 Å². The number of methoxy groups -OCH3 is 1. The Morgan fingerprint density at radius 1 is 1.02 bits per heavy atom. The molecule has 2 heterocycles. The van der Waals surface area contributed by atoms with Crippen LogP contribution in [0.5, 0.6) is 0 Å². The van der Waals surface area contributed by atoms with Crippen molar-refractivity contribution < 1.29 is 28.2 Å². The molecule has 0 amide bonds. The lowest BCUT2D eigenvalue weighted by Gasteiger charge is -2.33. The number of likely N-dealkylation sites (tertiary alicyclic amines) is 1. The Labute approximate surface area is 237 Å². The number of halogens is 1. The number of carbonyl (C=O) groups excluding carboxylic acids is 3. The molecule has 0 spiro atoms. The average molecular weight is 555 g/mol. The van der Waals surface area contributed by atoms with E-state index in [0.29, 0.717) is 33.3 Å². The number of ether oxygens (including phenoxy) is 2. The second-order valence-corrected chi connectivity index (χ2v) is 11.1. The normalized spacial score (nSPS) is 19.3. The van der Waals surface area contributed by atoms with Crippen LogP contribution >= 0.6 is 0 Å². The third-order valence-corrected chi connectivity index (χ3v) is 8.88. The van der Waals surface area contributed by atoms with Crippen LogP contribution in [0.1, 0.15) is 62.0 Å². The molecule has 0 N–H and O–H groups in total. The fourth-order valence-electron chi connectivity index (χ4n) is 6.48. The van der Waals surface area contributed by atoms with Gasteiger partial charge >= 0.3 is 5.97 Å². The molecule has 7 nitrogen and oxygen atoms in total. The predicted octanol–water partition coefficient (Wildman–Crippen LogP) is 5.68. The lowest BCUT2D eigenvalue weighted by molar-refractivity contribution is 0.0353. The first-order valence-electron chi connectivity index (χ1n) is 13.7. The summed E-state index contributed by atoms with van der Waals surface area (Å²) in [6.07, 6.45) is 0.894. The van der Waals surface area contributed by atoms with E-state index in [1.807, 2.05) is 16.7 Å². The summed E-state index contributed by atoms with van der Waals surface area (Å²) in [4.78, 5) is 41.3. The van der Waals surface area contributed by atoms with Gasteiger partial charge in [-0.3, -0.25) is 14.5 Å². The Morgan fingerprint density at radius 3 is 2.27 bits per heavy atom. The van der Waals surface area contributed by atoms with E-state index in [0.717, 1.165) is 31.0 Å². The number of Topliss-reactive ketones (excluding diaryl/α,β-unsaturated/α-hetero) is 2. The van der Waals surface area contributed by atoms with Crippen molar-refractivity contribution in [1.29, 1.82) is 0 Å². The molecular weight excluding hydrogens is 523 g/mol. The summed E-state index contributed by atoms with van der Waals surface area (Å²) in [5.41, 5.74) is 4.41. The first-order chi connectivity index (χ1) is 19.7. The van der Waals surface area contributed by atoms with E-state index < -0.39 is 29.5 Å². The van der Waals surface area contributed by atoms with Gasteiger partial charge in [0.15, 0.2) is 17.7 Å². The monoisotopic (exact) mass is 554 g/mol. The van der Waals surface area contributed by atoms with Crippen LogP contribution in [0.15, 0.2) is 60.7 Å². The number of hydrogen-bond donors (Lipinski definition) is 0. The van der Waals surface area contributed by atoms with Crippen LogP contribution in [0.2, 0.25) is 0 Å². The summed E-state index contributed by atoms with van der Waals surface area (Å²) in [5.74, 6) is -2.07. The Hall–Kier alpha value is -4.14. The average Bonchev–Trinajstić information content (AvgIpc) is 3.55. The highest BCUT2D eigenvalue weighted by Crippen LogP contribution is 2.40. The van der Waals surface area contributed by atoms with E-state index in [4.69, 9.17) is 9.47 Å². The predicted molar refractivity (Wildman–Crippen MR) is 153 cm³/mol. The van der Waals surface area contributed by atoms with E-state index in [2.05, 4.69) is 31.0 Å². The molecule has 0 saturated carbocycles. The summed E-state index contributed by atoms with van der Waals surface area (Å²) in [5, 5.41) is 0.456. The molecule has 2 aliphatic rings. The highest BCUT2D eigenvalue weighted by molar-refractivity contribution is 6.28. The summed E-state index contributed by atoms with van der Waals surface area (Å²) in [6, 6.07) is 17.4. The van der Waals surface area contributed by atoms with Gasteiger partial charge in [0.05, 0.1) is 30.5 Å². The topological polar surface area (TPSA) is 77.8 Å². The Kier molecular flexibility index (Phi) is 6.63. The van der Waals surface area contributed by atoms with Crippen LogP contribution in [0.4, 0.5) is 4.39 Å². The van der Waals surface area contributed by atoms with Gasteiger partial charge in [0, 0.05) is 34.7 Å². The van der Waals surface area contributed by atoms with Gasteiger partial charge in [-0.05, 0) is 56.6 Å². The highest BCUT2D eigenvalue weighted by Gasteiger charge is 2.40. The molecule has 0 bridgehead atoms. The molecule has 210 valence electrons. The third kappa shape index (κ3) is 4.21. The number of ketones is 2. The Bertz CT molecular complexity index is 1690. The number of nitrogens with zero attached hydrogens (tertiary/aromatic N) is 2. The smallest absolute Gasteiger partial charge is 0.338 e. The van der Waals surface area contributed by atoms with Crippen LogP contribution in [-0.4, -0.2) is 53.8 Å². The molecule has 3 aromatic carbocycles. The minimum absolute atomic E-state index is 0.0482. The maximum atomic E-state index is 14.8. The van der Waals surface area contributed by atoms with Gasteiger partial charge in [0.25, 0.3) is 0 Å². The number of benzene rings is 3. The Morgan fingerprint density at radius 2 is 1.68 bits per heavy atom. The van der Waals surface area contributed by atoms with Crippen molar-refractivity contribution >= 4 is 28.4 Å². The van der Waals surface area contributed by atoms with Crippen molar-refractivity contribution in [2.45, 2.75) is 38.0 Å².